The summed E-state index contributed by atoms with van der Waals surface area (Å²) >= 11 is 0. The lowest BCUT2D eigenvalue weighted by Crippen LogP contribution is -2.46. The number of nitrogens with zero attached hydrogens (tertiary/aromatic N) is 3. The van der Waals surface area contributed by atoms with Gasteiger partial charge in [-0.05, 0) is 45.6 Å². The number of hydrogen-bond acceptors (Lipinski definition) is 4. The summed E-state index contributed by atoms with van der Waals surface area (Å²) in [5, 5.41) is 3.59. The highest BCUT2D eigenvalue weighted by atomic mass is 16.9. The van der Waals surface area contributed by atoms with Crippen molar-refractivity contribution in [3.63, 3.8) is 0 Å². The van der Waals surface area contributed by atoms with Crippen molar-refractivity contribution in [1.29, 1.82) is 0 Å². The molecule has 0 radical (unpaired) electrons. The Morgan fingerprint density at radius 2 is 1.00 bits per heavy atom. The van der Waals surface area contributed by atoms with Crippen LogP contribution in [0.4, 0.5) is 0 Å². The van der Waals surface area contributed by atoms with Crippen molar-refractivity contribution in [1.82, 2.24) is 0 Å². The van der Waals surface area contributed by atoms with Gasteiger partial charge in [0, 0.05) is 37.2 Å². The van der Waals surface area contributed by atoms with E-state index in [1.165, 1.54) is 89.9 Å². The monoisotopic (exact) mass is 469 g/mol. The van der Waals surface area contributed by atoms with Crippen LogP contribution < -0.4 is 0 Å². The fourth-order valence-corrected chi connectivity index (χ4v) is 4.61. The van der Waals surface area contributed by atoms with Crippen LogP contribution in [0.1, 0.15) is 137 Å². The van der Waals surface area contributed by atoms with E-state index in [1.807, 2.05) is 20.8 Å². The van der Waals surface area contributed by atoms with Gasteiger partial charge in [0.05, 0.1) is 0 Å². The maximum atomic E-state index is 8.29. The number of ether oxygens (including phenoxy) is 3. The summed E-state index contributed by atoms with van der Waals surface area (Å²) < 4.78 is 18.5. The number of azide groups is 1. The smallest absolute Gasteiger partial charge is 0.285 e. The molecule has 0 heterocycles. The largest absolute Gasteiger partial charge is 0.328 e. The van der Waals surface area contributed by atoms with Gasteiger partial charge in [0.1, 0.15) is 0 Å². The Balaban J connectivity index is 4.42. The van der Waals surface area contributed by atoms with Crippen molar-refractivity contribution in [3.8, 4) is 0 Å². The first-order valence-corrected chi connectivity index (χ1v) is 14.1. The zero-order valence-electron chi connectivity index (χ0n) is 22.5. The van der Waals surface area contributed by atoms with Gasteiger partial charge < -0.3 is 14.2 Å². The summed E-state index contributed by atoms with van der Waals surface area (Å²) in [6.07, 6.45) is 21.2. The van der Waals surface area contributed by atoms with E-state index in [-0.39, 0.29) is 0 Å². The third-order valence-corrected chi connectivity index (χ3v) is 6.32. The average Bonchev–Trinajstić information content (AvgIpc) is 2.81. The van der Waals surface area contributed by atoms with E-state index in [9.17, 15) is 0 Å². The topological polar surface area (TPSA) is 76.5 Å². The molecular weight excluding hydrogens is 414 g/mol. The highest BCUT2D eigenvalue weighted by Crippen LogP contribution is 2.34. The zero-order valence-corrected chi connectivity index (χ0v) is 22.5. The Labute approximate surface area is 205 Å². The van der Waals surface area contributed by atoms with E-state index in [0.29, 0.717) is 32.3 Å². The maximum absolute atomic E-state index is 8.29. The van der Waals surface area contributed by atoms with Gasteiger partial charge >= 0.3 is 0 Å². The predicted molar refractivity (Wildman–Crippen MR) is 139 cm³/mol. The van der Waals surface area contributed by atoms with Gasteiger partial charge in [-0.15, -0.1) is 0 Å². The first kappa shape index (κ1) is 32.2. The maximum Gasteiger partial charge on any atom is 0.285 e. The molecule has 6 heteroatoms. The molecule has 33 heavy (non-hydrogen) atoms. The molecule has 0 aromatic rings. The van der Waals surface area contributed by atoms with Crippen molar-refractivity contribution in [3.05, 3.63) is 10.4 Å². The molecule has 0 saturated heterocycles. The van der Waals surface area contributed by atoms with Crippen LogP contribution in [-0.4, -0.2) is 32.3 Å². The summed E-state index contributed by atoms with van der Waals surface area (Å²) in [6, 6.07) is 0. The summed E-state index contributed by atoms with van der Waals surface area (Å²) in [4.78, 5) is 2.80. The van der Waals surface area contributed by atoms with E-state index in [2.05, 4.69) is 16.9 Å². The van der Waals surface area contributed by atoms with E-state index in [1.54, 1.807) is 0 Å². The minimum atomic E-state index is -0.878. The van der Waals surface area contributed by atoms with Gasteiger partial charge in [-0.1, -0.05) is 102 Å². The molecule has 6 nitrogen and oxygen atoms in total. The van der Waals surface area contributed by atoms with Crippen molar-refractivity contribution in [2.24, 2.45) is 11.0 Å². The number of hydrogen-bond donors (Lipinski definition) is 0. The Bertz CT molecular complexity index is 439. The van der Waals surface area contributed by atoms with Crippen molar-refractivity contribution < 1.29 is 14.2 Å². The Morgan fingerprint density at radius 1 is 0.606 bits per heavy atom. The third kappa shape index (κ3) is 17.3. The van der Waals surface area contributed by atoms with Gasteiger partial charge in [-0.25, -0.2) is 0 Å². The van der Waals surface area contributed by atoms with Gasteiger partial charge in [0.25, 0.3) is 5.97 Å². The van der Waals surface area contributed by atoms with Gasteiger partial charge in [-0.2, -0.15) is 0 Å². The van der Waals surface area contributed by atoms with Crippen LogP contribution in [0.3, 0.4) is 0 Å². The Morgan fingerprint density at radius 3 is 1.39 bits per heavy atom. The van der Waals surface area contributed by atoms with Crippen molar-refractivity contribution >= 4 is 0 Å². The highest BCUT2D eigenvalue weighted by molar-refractivity contribution is 4.73. The minimum Gasteiger partial charge on any atom is -0.328 e. The molecule has 1 unspecified atom stereocenters. The summed E-state index contributed by atoms with van der Waals surface area (Å²) in [6.45, 7) is 10.8. The van der Waals surface area contributed by atoms with Crippen LogP contribution in [0.25, 0.3) is 10.4 Å². The molecular formula is C27H55N3O3. The second kappa shape index (κ2) is 24.3. The Hall–Kier alpha value is -0.810. The van der Waals surface area contributed by atoms with Crippen LogP contribution in [-0.2, 0) is 14.2 Å². The fraction of sp³-hybridized carbons (Fsp3) is 1.00. The lowest BCUT2D eigenvalue weighted by atomic mass is 9.91. The van der Waals surface area contributed by atoms with E-state index in [0.717, 1.165) is 19.3 Å². The zero-order chi connectivity index (χ0) is 24.5. The predicted octanol–water partition coefficient (Wildman–Crippen LogP) is 9.33. The van der Waals surface area contributed by atoms with Crippen LogP contribution in [0.2, 0.25) is 0 Å². The fourth-order valence-electron chi connectivity index (χ4n) is 4.61. The molecule has 196 valence electrons. The summed E-state index contributed by atoms with van der Waals surface area (Å²) in [7, 11) is 0. The summed E-state index contributed by atoms with van der Waals surface area (Å²) in [5.41, 5.74) is 8.29. The van der Waals surface area contributed by atoms with Crippen LogP contribution in [0.15, 0.2) is 5.11 Å². The molecule has 0 aliphatic carbocycles. The summed E-state index contributed by atoms with van der Waals surface area (Å²) in [5.74, 6) is -0.586. The number of unbranched alkanes of at least 4 members (excludes halogenated alkanes) is 13. The SMILES string of the molecule is CCCCCCCCC(CCCCCCCCCCCN=[N+]=[N-])C(OCC)(OCC)OCC. The molecule has 0 spiro atoms. The lowest BCUT2D eigenvalue weighted by molar-refractivity contribution is -0.403. The first-order valence-electron chi connectivity index (χ1n) is 14.1. The average molecular weight is 470 g/mol. The molecule has 0 aromatic carbocycles. The lowest BCUT2D eigenvalue weighted by Gasteiger charge is -2.39. The molecule has 0 saturated carbocycles. The second-order valence-corrected chi connectivity index (χ2v) is 9.08. The normalized spacial score (nSPS) is 12.6. The molecule has 1 atom stereocenters. The third-order valence-electron chi connectivity index (χ3n) is 6.32. The number of rotatable bonds is 26. The highest BCUT2D eigenvalue weighted by Gasteiger charge is 2.41. The molecule has 0 bridgehead atoms. The van der Waals surface area contributed by atoms with Gasteiger partial charge in [0.15, 0.2) is 0 Å². The van der Waals surface area contributed by atoms with Crippen LogP contribution in [0, 0.1) is 5.92 Å². The second-order valence-electron chi connectivity index (χ2n) is 9.08. The molecule has 0 aliphatic rings. The molecule has 0 aromatic heterocycles. The van der Waals surface area contributed by atoms with Crippen LogP contribution in [0.5, 0.6) is 0 Å². The van der Waals surface area contributed by atoms with Crippen molar-refractivity contribution in [2.45, 2.75) is 143 Å². The molecule has 0 rings (SSSR count). The molecule has 0 fully saturated rings. The standard InChI is InChI=1S/C27H55N3O3/c1-5-9-10-11-17-20-23-26(27(31-6-2,32-7-3)33-8-4)24-21-18-15-13-12-14-16-19-22-25-29-30-28/h26H,5-25H2,1-4H3. The minimum absolute atomic E-state index is 0.291. The van der Waals surface area contributed by atoms with E-state index in [4.69, 9.17) is 19.7 Å². The first-order chi connectivity index (χ1) is 16.2. The van der Waals surface area contributed by atoms with E-state index >= 15 is 0 Å². The molecule has 0 N–H and O–H groups in total. The molecule has 0 amide bonds. The Kier molecular flexibility index (Phi) is 23.7. The van der Waals surface area contributed by atoms with Gasteiger partial charge in [0.2, 0.25) is 0 Å². The van der Waals surface area contributed by atoms with Gasteiger partial charge in [-0.3, -0.25) is 0 Å². The van der Waals surface area contributed by atoms with Crippen LogP contribution >= 0.6 is 0 Å². The van der Waals surface area contributed by atoms with Crippen molar-refractivity contribution in [2.75, 3.05) is 26.4 Å². The molecule has 0 aliphatic heterocycles. The quantitative estimate of drug-likeness (QED) is 0.0416. The van der Waals surface area contributed by atoms with E-state index < -0.39 is 5.97 Å².